The fourth-order valence-electron chi connectivity index (χ4n) is 1.43. The third-order valence-corrected chi connectivity index (χ3v) is 4.74. The molecule has 0 aliphatic carbocycles. The summed E-state index contributed by atoms with van der Waals surface area (Å²) in [5, 5.41) is 12.8. The van der Waals surface area contributed by atoms with Crippen LogP contribution in [0.4, 0.5) is 0 Å². The molecule has 1 aromatic heterocycles. The molecule has 1 heterocycles. The molecule has 1 N–H and O–H groups in total. The van der Waals surface area contributed by atoms with Crippen LogP contribution in [-0.2, 0) is 0 Å². The van der Waals surface area contributed by atoms with Crippen molar-refractivity contribution in [2.45, 2.75) is 13.0 Å². The average molecular weight is 318 g/mol. The highest BCUT2D eigenvalue weighted by molar-refractivity contribution is 9.10. The SMILES string of the molecule is Cc1ccc(C(O)c2sccc2Br)cc1Cl. The smallest absolute Gasteiger partial charge is 0.114 e. The summed E-state index contributed by atoms with van der Waals surface area (Å²) in [4.78, 5) is 0.903. The molecule has 0 saturated heterocycles. The number of aryl methyl sites for hydroxylation is 1. The van der Waals surface area contributed by atoms with Crippen LogP contribution in [0.5, 0.6) is 0 Å². The van der Waals surface area contributed by atoms with Crippen LogP contribution < -0.4 is 0 Å². The highest BCUT2D eigenvalue weighted by atomic mass is 79.9. The number of halogens is 2. The first kappa shape index (κ1) is 12.1. The molecule has 0 fully saturated rings. The van der Waals surface area contributed by atoms with E-state index in [0.717, 1.165) is 20.5 Å². The Morgan fingerprint density at radius 2 is 2.12 bits per heavy atom. The monoisotopic (exact) mass is 316 g/mol. The quantitative estimate of drug-likeness (QED) is 0.861. The molecule has 0 aliphatic rings. The Labute approximate surface area is 112 Å². The summed E-state index contributed by atoms with van der Waals surface area (Å²) >= 11 is 11.0. The molecular weight excluding hydrogens is 308 g/mol. The topological polar surface area (TPSA) is 20.2 Å². The fraction of sp³-hybridized carbons (Fsp3) is 0.167. The Morgan fingerprint density at radius 3 is 2.69 bits per heavy atom. The zero-order valence-electron chi connectivity index (χ0n) is 8.58. The second kappa shape index (κ2) is 4.88. The van der Waals surface area contributed by atoms with Crippen LogP contribution in [0.25, 0.3) is 0 Å². The van der Waals surface area contributed by atoms with Gasteiger partial charge >= 0.3 is 0 Å². The number of benzene rings is 1. The summed E-state index contributed by atoms with van der Waals surface area (Å²) < 4.78 is 0.932. The van der Waals surface area contributed by atoms with Gasteiger partial charge in [-0.15, -0.1) is 11.3 Å². The average Bonchev–Trinajstić information content (AvgIpc) is 2.67. The van der Waals surface area contributed by atoms with Gasteiger partial charge in [-0.1, -0.05) is 23.7 Å². The minimum absolute atomic E-state index is 0.618. The molecule has 0 spiro atoms. The van der Waals surface area contributed by atoms with Crippen molar-refractivity contribution in [1.29, 1.82) is 0 Å². The van der Waals surface area contributed by atoms with Gasteiger partial charge in [0.1, 0.15) is 6.10 Å². The van der Waals surface area contributed by atoms with Crippen molar-refractivity contribution in [2.24, 2.45) is 0 Å². The number of aliphatic hydroxyl groups is 1. The van der Waals surface area contributed by atoms with Gasteiger partial charge in [0.15, 0.2) is 0 Å². The lowest BCUT2D eigenvalue weighted by atomic mass is 10.1. The molecule has 0 radical (unpaired) electrons. The molecule has 4 heteroatoms. The Bertz CT molecular complexity index is 509. The molecule has 0 amide bonds. The number of aliphatic hydroxyl groups excluding tert-OH is 1. The van der Waals surface area contributed by atoms with Gasteiger partial charge in [-0.3, -0.25) is 0 Å². The Balaban J connectivity index is 2.38. The minimum Gasteiger partial charge on any atom is -0.383 e. The first-order chi connectivity index (χ1) is 7.59. The van der Waals surface area contributed by atoms with Crippen LogP contribution >= 0.6 is 38.9 Å². The van der Waals surface area contributed by atoms with Crippen molar-refractivity contribution in [3.63, 3.8) is 0 Å². The summed E-state index contributed by atoms with van der Waals surface area (Å²) in [5.74, 6) is 0. The van der Waals surface area contributed by atoms with Gasteiger partial charge < -0.3 is 5.11 Å². The van der Waals surface area contributed by atoms with Gasteiger partial charge in [0, 0.05) is 9.50 Å². The van der Waals surface area contributed by atoms with Crippen molar-refractivity contribution >= 4 is 38.9 Å². The number of hydrogen-bond donors (Lipinski definition) is 1. The molecule has 1 nitrogen and oxygen atoms in total. The number of thiophene rings is 1. The van der Waals surface area contributed by atoms with Crippen molar-refractivity contribution in [2.75, 3.05) is 0 Å². The van der Waals surface area contributed by atoms with Crippen molar-refractivity contribution in [3.8, 4) is 0 Å². The lowest BCUT2D eigenvalue weighted by Gasteiger charge is -2.11. The largest absolute Gasteiger partial charge is 0.383 e. The highest BCUT2D eigenvalue weighted by Crippen LogP contribution is 2.34. The van der Waals surface area contributed by atoms with E-state index in [2.05, 4.69) is 15.9 Å². The van der Waals surface area contributed by atoms with Crippen molar-refractivity contribution in [3.05, 3.63) is 55.1 Å². The summed E-state index contributed by atoms with van der Waals surface area (Å²) in [6.45, 7) is 1.94. The van der Waals surface area contributed by atoms with Crippen LogP contribution in [0.3, 0.4) is 0 Å². The molecule has 1 unspecified atom stereocenters. The third-order valence-electron chi connectivity index (χ3n) is 2.40. The molecule has 16 heavy (non-hydrogen) atoms. The number of hydrogen-bond acceptors (Lipinski definition) is 2. The van der Waals surface area contributed by atoms with Crippen LogP contribution in [0.2, 0.25) is 5.02 Å². The van der Waals surface area contributed by atoms with Crippen molar-refractivity contribution < 1.29 is 5.11 Å². The first-order valence-corrected chi connectivity index (χ1v) is 6.81. The minimum atomic E-state index is -0.618. The Hall–Kier alpha value is -0.350. The highest BCUT2D eigenvalue weighted by Gasteiger charge is 2.15. The van der Waals surface area contributed by atoms with Gasteiger partial charge in [0.05, 0.1) is 4.88 Å². The normalized spacial score (nSPS) is 12.8. The van der Waals surface area contributed by atoms with E-state index in [1.807, 2.05) is 36.6 Å². The molecule has 0 saturated carbocycles. The van der Waals surface area contributed by atoms with E-state index in [1.54, 1.807) is 0 Å². The van der Waals surface area contributed by atoms with Gasteiger partial charge in [0.25, 0.3) is 0 Å². The van der Waals surface area contributed by atoms with E-state index in [4.69, 9.17) is 11.6 Å². The molecule has 1 atom stereocenters. The van der Waals surface area contributed by atoms with Crippen molar-refractivity contribution in [1.82, 2.24) is 0 Å². The lowest BCUT2D eigenvalue weighted by molar-refractivity contribution is 0.223. The maximum absolute atomic E-state index is 10.2. The van der Waals surface area contributed by atoms with Crippen LogP contribution in [0, 0.1) is 6.92 Å². The summed E-state index contributed by atoms with van der Waals surface area (Å²) in [7, 11) is 0. The van der Waals surface area contributed by atoms with E-state index < -0.39 is 6.10 Å². The third kappa shape index (κ3) is 2.33. The lowest BCUT2D eigenvalue weighted by Crippen LogP contribution is -1.98. The maximum Gasteiger partial charge on any atom is 0.114 e. The van der Waals surface area contributed by atoms with Crippen LogP contribution in [0.1, 0.15) is 22.1 Å². The van der Waals surface area contributed by atoms with Gasteiger partial charge in [0.2, 0.25) is 0 Å². The predicted octanol–water partition coefficient (Wildman–Crippen LogP) is 4.55. The summed E-state index contributed by atoms with van der Waals surface area (Å²) in [5.41, 5.74) is 1.83. The molecule has 0 aliphatic heterocycles. The van der Waals surface area contributed by atoms with E-state index in [1.165, 1.54) is 11.3 Å². The van der Waals surface area contributed by atoms with Gasteiger partial charge in [-0.25, -0.2) is 0 Å². The fourth-order valence-corrected chi connectivity index (χ4v) is 3.22. The second-order valence-corrected chi connectivity index (χ2v) is 5.75. The molecule has 1 aromatic carbocycles. The molecule has 0 bridgehead atoms. The molecule has 2 rings (SSSR count). The van der Waals surface area contributed by atoms with Crippen LogP contribution in [0.15, 0.2) is 34.1 Å². The zero-order chi connectivity index (χ0) is 11.7. The van der Waals surface area contributed by atoms with Crippen LogP contribution in [-0.4, -0.2) is 5.11 Å². The summed E-state index contributed by atoms with van der Waals surface area (Å²) in [6, 6.07) is 7.56. The summed E-state index contributed by atoms with van der Waals surface area (Å²) in [6.07, 6.45) is -0.618. The molecule has 2 aromatic rings. The Kier molecular flexibility index (Phi) is 3.70. The van der Waals surface area contributed by atoms with E-state index in [9.17, 15) is 5.11 Å². The van der Waals surface area contributed by atoms with E-state index in [0.29, 0.717) is 5.02 Å². The van der Waals surface area contributed by atoms with Gasteiger partial charge in [-0.05, 0) is 51.5 Å². The molecular formula is C12H10BrClOS. The second-order valence-electron chi connectivity index (χ2n) is 3.54. The zero-order valence-corrected chi connectivity index (χ0v) is 11.7. The van der Waals surface area contributed by atoms with E-state index >= 15 is 0 Å². The number of rotatable bonds is 2. The molecule has 84 valence electrons. The van der Waals surface area contributed by atoms with E-state index in [-0.39, 0.29) is 0 Å². The first-order valence-electron chi connectivity index (χ1n) is 4.76. The Morgan fingerprint density at radius 1 is 1.38 bits per heavy atom. The van der Waals surface area contributed by atoms with Gasteiger partial charge in [-0.2, -0.15) is 0 Å². The maximum atomic E-state index is 10.2. The standard InChI is InChI=1S/C12H10BrClOS/c1-7-2-3-8(6-10(7)14)11(15)12-9(13)4-5-16-12/h2-6,11,15H,1H3. The predicted molar refractivity (Wildman–Crippen MR) is 72.3 cm³/mol.